The second-order valence-electron chi connectivity index (χ2n) is 8.51. The lowest BCUT2D eigenvalue weighted by atomic mass is 9.89. The van der Waals surface area contributed by atoms with Gasteiger partial charge < -0.3 is 4.90 Å². The van der Waals surface area contributed by atoms with Crippen LogP contribution in [0, 0.1) is 18.3 Å². The minimum absolute atomic E-state index is 0.402. The minimum Gasteiger partial charge on any atom is -0.361 e. The minimum atomic E-state index is 0.402. The van der Waals surface area contributed by atoms with Crippen LogP contribution in [0.3, 0.4) is 0 Å². The third kappa shape index (κ3) is 6.28. The highest BCUT2D eigenvalue weighted by atomic mass is 32.2. The summed E-state index contributed by atoms with van der Waals surface area (Å²) in [6.07, 6.45) is 6.71. The van der Waals surface area contributed by atoms with Crippen LogP contribution in [0.2, 0.25) is 0 Å². The zero-order valence-corrected chi connectivity index (χ0v) is 22.6. The predicted octanol–water partition coefficient (Wildman–Crippen LogP) is 8.43. The van der Waals surface area contributed by atoms with Gasteiger partial charge >= 0.3 is 0 Å². The number of hydrogen-bond acceptors (Lipinski definition) is 5. The highest BCUT2D eigenvalue weighted by molar-refractivity contribution is 8.13. The summed E-state index contributed by atoms with van der Waals surface area (Å²) in [7, 11) is 2.02. The first kappa shape index (κ1) is 26.7. The van der Waals surface area contributed by atoms with Gasteiger partial charge in [0.25, 0.3) is 0 Å². The summed E-state index contributed by atoms with van der Waals surface area (Å²) in [5.74, 6) is 0.402. The quantitative estimate of drug-likeness (QED) is 0.157. The number of rotatable bonds is 9. The number of hydrogen-bond donors (Lipinski definition) is 0. The van der Waals surface area contributed by atoms with Crippen LogP contribution < -0.4 is 4.90 Å². The van der Waals surface area contributed by atoms with E-state index in [9.17, 15) is 5.26 Å². The summed E-state index contributed by atoms with van der Waals surface area (Å²) in [5, 5.41) is 12.3. The molecule has 0 atom stereocenters. The molecule has 1 aromatic heterocycles. The number of nitriles is 1. The molecule has 0 aliphatic heterocycles. The molecule has 1 aromatic carbocycles. The summed E-state index contributed by atoms with van der Waals surface area (Å²) in [5.41, 5.74) is 7.16. The lowest BCUT2D eigenvalue weighted by molar-refractivity contribution is 0.857. The molecule has 33 heavy (non-hydrogen) atoms. The van der Waals surface area contributed by atoms with Crippen molar-refractivity contribution in [1.82, 2.24) is 0 Å². The molecule has 2 rings (SSSR count). The number of likely N-dealkylation sites (N-methyl/N-ethyl adjacent to an activating group) is 1. The van der Waals surface area contributed by atoms with Crippen LogP contribution in [0.15, 0.2) is 54.2 Å². The van der Waals surface area contributed by atoms with Gasteiger partial charge in [0, 0.05) is 30.2 Å². The fraction of sp³-hybridized carbons (Fsp3) is 0.357. The van der Waals surface area contributed by atoms with Crippen LogP contribution in [0.25, 0.3) is 16.7 Å². The van der Waals surface area contributed by atoms with Gasteiger partial charge in [0.2, 0.25) is 0 Å². The van der Waals surface area contributed by atoms with Gasteiger partial charge in [-0.15, -0.1) is 23.1 Å². The van der Waals surface area contributed by atoms with Gasteiger partial charge in [0.05, 0.1) is 10.6 Å². The maximum atomic E-state index is 10.3. The smallest absolute Gasteiger partial charge is 0.110 e. The Morgan fingerprint density at radius 3 is 2.58 bits per heavy atom. The highest BCUT2D eigenvalue weighted by Gasteiger charge is 2.24. The Bertz CT molecular complexity index is 1120. The van der Waals surface area contributed by atoms with Crippen LogP contribution in [0.1, 0.15) is 61.6 Å². The number of thioether (sulfide) groups is 1. The number of aliphatic imine (C=N–C) groups is 1. The van der Waals surface area contributed by atoms with Crippen molar-refractivity contribution in [2.45, 2.75) is 47.0 Å². The summed E-state index contributed by atoms with van der Waals surface area (Å²) < 4.78 is 0. The summed E-state index contributed by atoms with van der Waals surface area (Å²) in [4.78, 5) is 7.68. The SMILES string of the molecule is C=C(C)CN(C)c1sc(C(=C)/C=C\N=C(CC)SC)c(-c2cccc(C(C)C)c2C)c1C#N. The van der Waals surface area contributed by atoms with E-state index in [1.165, 1.54) is 11.1 Å². The first-order valence-corrected chi connectivity index (χ1v) is 13.2. The highest BCUT2D eigenvalue weighted by Crippen LogP contribution is 2.46. The standard InChI is InChI=1S/C28H35N3S2/c1-10-25(32-9)30-15-14-20(6)27-26(23-13-11-12-22(19(4)5)21(23)7)24(16-29)28(33-27)31(8)17-18(2)3/h11-15,19H,2,6,10,17H2,1,3-5,7-9H3/b15-14-,30-25?. The molecule has 0 aliphatic rings. The lowest BCUT2D eigenvalue weighted by Crippen LogP contribution is -2.18. The number of nitrogens with zero attached hydrogens (tertiary/aromatic N) is 3. The van der Waals surface area contributed by atoms with Crippen LogP contribution in [0.5, 0.6) is 0 Å². The maximum Gasteiger partial charge on any atom is 0.110 e. The first-order chi connectivity index (χ1) is 15.7. The van der Waals surface area contributed by atoms with Crippen molar-refractivity contribution >= 4 is 38.7 Å². The van der Waals surface area contributed by atoms with Crippen molar-refractivity contribution in [3.05, 3.63) is 70.8 Å². The van der Waals surface area contributed by atoms with Gasteiger partial charge in [0.15, 0.2) is 0 Å². The van der Waals surface area contributed by atoms with Crippen molar-refractivity contribution < 1.29 is 0 Å². The van der Waals surface area contributed by atoms with E-state index in [4.69, 9.17) is 0 Å². The van der Waals surface area contributed by atoms with Crippen LogP contribution in [-0.2, 0) is 0 Å². The van der Waals surface area contributed by atoms with E-state index in [0.29, 0.717) is 18.0 Å². The topological polar surface area (TPSA) is 39.4 Å². The van der Waals surface area contributed by atoms with E-state index in [2.05, 4.69) is 75.0 Å². The Hall–Kier alpha value is -2.55. The van der Waals surface area contributed by atoms with Gasteiger partial charge in [-0.05, 0) is 60.8 Å². The Kier molecular flexibility index (Phi) is 9.76. The Morgan fingerprint density at radius 1 is 1.33 bits per heavy atom. The first-order valence-electron chi connectivity index (χ1n) is 11.1. The molecule has 1 heterocycles. The van der Waals surface area contributed by atoms with Crippen molar-refractivity contribution in [3.8, 4) is 17.2 Å². The van der Waals surface area contributed by atoms with E-state index in [1.807, 2.05) is 32.5 Å². The molecule has 0 spiro atoms. The van der Waals surface area contributed by atoms with Crippen molar-refractivity contribution in [3.63, 3.8) is 0 Å². The maximum absolute atomic E-state index is 10.3. The molecule has 174 valence electrons. The van der Waals surface area contributed by atoms with Gasteiger partial charge in [-0.25, -0.2) is 0 Å². The van der Waals surface area contributed by atoms with Crippen molar-refractivity contribution in [2.24, 2.45) is 4.99 Å². The molecule has 0 aliphatic carbocycles. The van der Waals surface area contributed by atoms with Gasteiger partial charge in [-0.2, -0.15) is 5.26 Å². The monoisotopic (exact) mass is 477 g/mol. The molecule has 0 radical (unpaired) electrons. The molecular formula is C28H35N3S2. The number of thiophene rings is 1. The fourth-order valence-corrected chi connectivity index (χ4v) is 5.51. The Morgan fingerprint density at radius 2 is 2.03 bits per heavy atom. The predicted molar refractivity (Wildman–Crippen MR) is 151 cm³/mol. The average Bonchev–Trinajstić information content (AvgIpc) is 3.15. The molecule has 0 bridgehead atoms. The van der Waals surface area contributed by atoms with E-state index in [0.717, 1.165) is 43.6 Å². The molecule has 0 saturated heterocycles. The lowest BCUT2D eigenvalue weighted by Gasteiger charge is -2.18. The van der Waals surface area contributed by atoms with Crippen molar-refractivity contribution in [1.29, 1.82) is 5.26 Å². The van der Waals surface area contributed by atoms with Crippen LogP contribution in [-0.4, -0.2) is 24.9 Å². The zero-order valence-electron chi connectivity index (χ0n) is 21.0. The molecule has 0 unspecified atom stereocenters. The number of benzene rings is 1. The Labute approximate surface area is 208 Å². The summed E-state index contributed by atoms with van der Waals surface area (Å²) >= 11 is 3.27. The average molecular weight is 478 g/mol. The van der Waals surface area contributed by atoms with Crippen molar-refractivity contribution in [2.75, 3.05) is 24.7 Å². The van der Waals surface area contributed by atoms with Crippen LogP contribution in [0.4, 0.5) is 5.00 Å². The fourth-order valence-electron chi connectivity index (χ4n) is 3.88. The molecule has 0 saturated carbocycles. The van der Waals surface area contributed by atoms with Crippen LogP contribution >= 0.6 is 23.1 Å². The number of allylic oxidation sites excluding steroid dienone is 2. The second-order valence-corrected chi connectivity index (χ2v) is 10.4. The van der Waals surface area contributed by atoms with E-state index < -0.39 is 0 Å². The van der Waals surface area contributed by atoms with Gasteiger partial charge in [0.1, 0.15) is 11.1 Å². The van der Waals surface area contributed by atoms with E-state index in [-0.39, 0.29) is 0 Å². The molecule has 3 nitrogen and oxygen atoms in total. The zero-order chi connectivity index (χ0) is 24.7. The normalized spacial score (nSPS) is 11.8. The van der Waals surface area contributed by atoms with E-state index in [1.54, 1.807) is 23.1 Å². The largest absolute Gasteiger partial charge is 0.361 e. The second kappa shape index (κ2) is 12.1. The Balaban J connectivity index is 2.75. The van der Waals surface area contributed by atoms with Gasteiger partial charge in [-0.1, -0.05) is 57.7 Å². The molecule has 0 N–H and O–H groups in total. The van der Waals surface area contributed by atoms with Gasteiger partial charge in [-0.3, -0.25) is 4.99 Å². The summed E-state index contributed by atoms with van der Waals surface area (Å²) in [6.45, 7) is 19.8. The molecule has 2 aromatic rings. The molecule has 0 fully saturated rings. The third-order valence-corrected chi connectivity index (χ3v) is 7.69. The third-order valence-electron chi connectivity index (χ3n) is 5.45. The summed E-state index contributed by atoms with van der Waals surface area (Å²) in [6, 6.07) is 8.89. The molecular weight excluding hydrogens is 442 g/mol. The number of anilines is 1. The molecule has 0 amide bonds. The van der Waals surface area contributed by atoms with E-state index >= 15 is 0 Å². The molecule has 5 heteroatoms.